The average molecular weight is 251 g/mol. The van der Waals surface area contributed by atoms with Crippen molar-refractivity contribution in [3.05, 3.63) is 23.4 Å². The molecule has 1 aromatic heterocycles. The van der Waals surface area contributed by atoms with Crippen LogP contribution < -0.4 is 11.1 Å². The standard InChI is InChI=1S/C13H21N3S/c1-5-13(4,6-2)16-12-10(11(14)17)8-7-9(3)15-12/h7-8H,5-6H2,1-4H3,(H2,14,17)(H,15,16). The lowest BCUT2D eigenvalue weighted by Crippen LogP contribution is -2.34. The zero-order valence-corrected chi connectivity index (χ0v) is 11.8. The molecule has 0 amide bonds. The van der Waals surface area contributed by atoms with E-state index in [-0.39, 0.29) is 5.54 Å². The van der Waals surface area contributed by atoms with Gasteiger partial charge in [-0.1, -0.05) is 26.1 Å². The summed E-state index contributed by atoms with van der Waals surface area (Å²) in [6, 6.07) is 3.85. The highest BCUT2D eigenvalue weighted by Gasteiger charge is 2.21. The molecule has 0 bridgehead atoms. The minimum atomic E-state index is 0.0281. The third-order valence-electron chi connectivity index (χ3n) is 3.28. The molecule has 1 heterocycles. The highest BCUT2D eigenvalue weighted by Crippen LogP contribution is 2.23. The third-order valence-corrected chi connectivity index (χ3v) is 3.50. The van der Waals surface area contributed by atoms with E-state index in [0.29, 0.717) is 4.99 Å². The lowest BCUT2D eigenvalue weighted by molar-refractivity contribution is 0.476. The fourth-order valence-corrected chi connectivity index (χ4v) is 1.73. The summed E-state index contributed by atoms with van der Waals surface area (Å²) in [7, 11) is 0. The van der Waals surface area contributed by atoms with Crippen LogP contribution in [0.2, 0.25) is 0 Å². The molecule has 0 aromatic carbocycles. The van der Waals surface area contributed by atoms with Crippen LogP contribution in [0.5, 0.6) is 0 Å². The maximum atomic E-state index is 5.72. The molecule has 0 atom stereocenters. The van der Waals surface area contributed by atoms with E-state index in [1.807, 2.05) is 19.1 Å². The second kappa shape index (κ2) is 5.45. The van der Waals surface area contributed by atoms with Crippen LogP contribution in [0.1, 0.15) is 44.9 Å². The van der Waals surface area contributed by atoms with Crippen molar-refractivity contribution in [1.29, 1.82) is 0 Å². The number of thiocarbonyl (C=S) groups is 1. The maximum absolute atomic E-state index is 5.72. The number of aromatic nitrogens is 1. The first-order valence-electron chi connectivity index (χ1n) is 5.97. The molecule has 1 aromatic rings. The molecule has 0 radical (unpaired) electrons. The number of aryl methyl sites for hydroxylation is 1. The summed E-state index contributed by atoms with van der Waals surface area (Å²) in [6.07, 6.45) is 2.05. The Bertz CT molecular complexity index is 411. The summed E-state index contributed by atoms with van der Waals surface area (Å²) in [5.41, 5.74) is 7.52. The van der Waals surface area contributed by atoms with E-state index in [1.165, 1.54) is 0 Å². The first-order chi connectivity index (χ1) is 7.91. The second-order valence-electron chi connectivity index (χ2n) is 4.61. The quantitative estimate of drug-likeness (QED) is 0.790. The number of hydrogen-bond acceptors (Lipinski definition) is 3. The van der Waals surface area contributed by atoms with Gasteiger partial charge >= 0.3 is 0 Å². The Labute approximate surface area is 109 Å². The molecule has 0 fully saturated rings. The molecule has 94 valence electrons. The van der Waals surface area contributed by atoms with Crippen molar-refractivity contribution >= 4 is 23.0 Å². The largest absolute Gasteiger partial charge is 0.389 e. The van der Waals surface area contributed by atoms with Crippen molar-refractivity contribution in [3.8, 4) is 0 Å². The van der Waals surface area contributed by atoms with Crippen molar-refractivity contribution in [3.63, 3.8) is 0 Å². The van der Waals surface area contributed by atoms with Gasteiger partial charge in [0, 0.05) is 11.2 Å². The fraction of sp³-hybridized carbons (Fsp3) is 0.538. The SMILES string of the molecule is CCC(C)(CC)Nc1nc(C)ccc1C(N)=S. The first-order valence-corrected chi connectivity index (χ1v) is 6.38. The Morgan fingerprint density at radius 1 is 1.41 bits per heavy atom. The minimum Gasteiger partial charge on any atom is -0.389 e. The zero-order valence-electron chi connectivity index (χ0n) is 11.0. The molecule has 3 N–H and O–H groups in total. The summed E-state index contributed by atoms with van der Waals surface area (Å²) in [4.78, 5) is 4.88. The Kier molecular flexibility index (Phi) is 4.46. The number of nitrogens with zero attached hydrogens (tertiary/aromatic N) is 1. The van der Waals surface area contributed by atoms with Crippen LogP contribution in [-0.4, -0.2) is 15.5 Å². The first kappa shape index (κ1) is 13.9. The van der Waals surface area contributed by atoms with Gasteiger partial charge in [-0.2, -0.15) is 0 Å². The molecule has 1 rings (SSSR count). The zero-order chi connectivity index (χ0) is 13.1. The van der Waals surface area contributed by atoms with Crippen molar-refractivity contribution in [2.24, 2.45) is 5.73 Å². The molecule has 0 aliphatic rings. The summed E-state index contributed by atoms with van der Waals surface area (Å²) < 4.78 is 0. The molecule has 0 aliphatic heterocycles. The van der Waals surface area contributed by atoms with Crippen molar-refractivity contribution in [2.45, 2.75) is 46.1 Å². The van der Waals surface area contributed by atoms with Crippen molar-refractivity contribution in [1.82, 2.24) is 4.98 Å². The van der Waals surface area contributed by atoms with Crippen LogP contribution in [0.25, 0.3) is 0 Å². The van der Waals surface area contributed by atoms with E-state index in [2.05, 4.69) is 31.1 Å². The lowest BCUT2D eigenvalue weighted by atomic mass is 9.95. The van der Waals surface area contributed by atoms with E-state index in [9.17, 15) is 0 Å². The Hall–Kier alpha value is -1.16. The smallest absolute Gasteiger partial charge is 0.136 e. The molecule has 3 nitrogen and oxygen atoms in total. The van der Waals surface area contributed by atoms with E-state index in [1.54, 1.807) is 0 Å². The molecular formula is C13H21N3S. The van der Waals surface area contributed by atoms with E-state index < -0.39 is 0 Å². The maximum Gasteiger partial charge on any atom is 0.136 e. The summed E-state index contributed by atoms with van der Waals surface area (Å²) in [5, 5.41) is 3.47. The van der Waals surface area contributed by atoms with Gasteiger partial charge in [0.25, 0.3) is 0 Å². The minimum absolute atomic E-state index is 0.0281. The Balaban J connectivity index is 3.12. The fourth-order valence-electron chi connectivity index (χ4n) is 1.56. The molecule has 0 spiro atoms. The number of anilines is 1. The molecule has 0 saturated heterocycles. The summed E-state index contributed by atoms with van der Waals surface area (Å²) in [5.74, 6) is 0.795. The van der Waals surface area contributed by atoms with Gasteiger partial charge in [-0.05, 0) is 38.8 Å². The van der Waals surface area contributed by atoms with Crippen molar-refractivity contribution < 1.29 is 0 Å². The van der Waals surface area contributed by atoms with E-state index in [0.717, 1.165) is 29.9 Å². The van der Waals surface area contributed by atoms with Gasteiger partial charge in [0.15, 0.2) is 0 Å². The van der Waals surface area contributed by atoms with Gasteiger partial charge in [0.2, 0.25) is 0 Å². The van der Waals surface area contributed by atoms with Crippen LogP contribution in [0.3, 0.4) is 0 Å². The van der Waals surface area contributed by atoms with Crippen LogP contribution >= 0.6 is 12.2 Å². The monoisotopic (exact) mass is 251 g/mol. The van der Waals surface area contributed by atoms with Crippen molar-refractivity contribution in [2.75, 3.05) is 5.32 Å². The third kappa shape index (κ3) is 3.40. The van der Waals surface area contributed by atoms with Gasteiger partial charge in [-0.15, -0.1) is 0 Å². The Morgan fingerprint density at radius 2 is 2.00 bits per heavy atom. The topological polar surface area (TPSA) is 50.9 Å². The molecule has 0 saturated carbocycles. The molecular weight excluding hydrogens is 230 g/mol. The van der Waals surface area contributed by atoms with Crippen LogP contribution in [0, 0.1) is 6.92 Å². The highest BCUT2D eigenvalue weighted by molar-refractivity contribution is 7.80. The number of hydrogen-bond donors (Lipinski definition) is 2. The predicted octanol–water partition coefficient (Wildman–Crippen LogP) is 3.01. The van der Waals surface area contributed by atoms with Gasteiger partial charge in [0.05, 0.1) is 5.56 Å². The van der Waals surface area contributed by atoms with E-state index in [4.69, 9.17) is 18.0 Å². The molecule has 0 unspecified atom stereocenters. The van der Waals surface area contributed by atoms with Gasteiger partial charge in [-0.3, -0.25) is 0 Å². The second-order valence-corrected chi connectivity index (χ2v) is 5.05. The van der Waals surface area contributed by atoms with Gasteiger partial charge in [-0.25, -0.2) is 4.98 Å². The van der Waals surface area contributed by atoms with E-state index >= 15 is 0 Å². The van der Waals surface area contributed by atoms with Gasteiger partial charge < -0.3 is 11.1 Å². The number of rotatable bonds is 5. The van der Waals surface area contributed by atoms with Gasteiger partial charge in [0.1, 0.15) is 10.8 Å². The number of nitrogens with two attached hydrogens (primary N) is 1. The summed E-state index contributed by atoms with van der Waals surface area (Å²) >= 11 is 5.05. The Morgan fingerprint density at radius 3 is 2.47 bits per heavy atom. The summed E-state index contributed by atoms with van der Waals surface area (Å²) in [6.45, 7) is 8.46. The normalized spacial score (nSPS) is 11.3. The predicted molar refractivity (Wildman–Crippen MR) is 77.5 cm³/mol. The molecule has 0 aliphatic carbocycles. The average Bonchev–Trinajstić information content (AvgIpc) is 2.28. The molecule has 17 heavy (non-hydrogen) atoms. The molecule has 4 heteroatoms. The number of pyridine rings is 1. The van der Waals surface area contributed by atoms with Crippen LogP contribution in [0.15, 0.2) is 12.1 Å². The van der Waals surface area contributed by atoms with Crippen LogP contribution in [0.4, 0.5) is 5.82 Å². The van der Waals surface area contributed by atoms with Crippen LogP contribution in [-0.2, 0) is 0 Å². The highest BCUT2D eigenvalue weighted by atomic mass is 32.1. The number of nitrogens with one attached hydrogen (secondary N) is 1. The lowest BCUT2D eigenvalue weighted by Gasteiger charge is -2.30.